The summed E-state index contributed by atoms with van der Waals surface area (Å²) in [6, 6.07) is 8.05. The normalized spacial score (nSPS) is 12.1. The molecule has 2 rings (SSSR count). The monoisotopic (exact) mass is 286 g/mol. The second kappa shape index (κ2) is 5.55. The molecule has 3 heteroatoms. The van der Waals surface area contributed by atoms with Gasteiger partial charge >= 0.3 is 0 Å². The quantitative estimate of drug-likeness (QED) is 0.909. The third-order valence-electron chi connectivity index (χ3n) is 3.53. The van der Waals surface area contributed by atoms with Crippen molar-refractivity contribution in [2.24, 2.45) is 5.92 Å². The van der Waals surface area contributed by atoms with Crippen LogP contribution < -0.4 is 0 Å². The average Bonchev–Trinajstić information content (AvgIpc) is 2.66. The molecule has 114 valence electrons. The fraction of sp³-hybridized carbons (Fsp3) is 0.500. The minimum Gasteiger partial charge on any atom is -0.493 e. The Balaban J connectivity index is 2.61. The molecule has 0 saturated heterocycles. The van der Waals surface area contributed by atoms with Crippen LogP contribution in [0.2, 0.25) is 0 Å². The molecule has 2 aromatic rings. The molecule has 21 heavy (non-hydrogen) atoms. The van der Waals surface area contributed by atoms with Crippen LogP contribution in [0.3, 0.4) is 0 Å². The van der Waals surface area contributed by atoms with Gasteiger partial charge in [-0.3, -0.25) is 0 Å². The highest BCUT2D eigenvalue weighted by atomic mass is 16.3. The molecule has 0 radical (unpaired) electrons. The van der Waals surface area contributed by atoms with Crippen LogP contribution in [-0.2, 0) is 11.8 Å². The topological polar surface area (TPSA) is 38.0 Å². The van der Waals surface area contributed by atoms with Crippen LogP contribution in [0.4, 0.5) is 0 Å². The van der Waals surface area contributed by atoms with Crippen LogP contribution in [-0.4, -0.2) is 14.9 Å². The van der Waals surface area contributed by atoms with Crippen LogP contribution >= 0.6 is 0 Å². The number of aryl methyl sites for hydroxylation is 1. The minimum absolute atomic E-state index is 0.0865. The Bertz CT molecular complexity index is 633. The van der Waals surface area contributed by atoms with Gasteiger partial charge in [-0.15, -0.1) is 0 Å². The molecule has 1 heterocycles. The van der Waals surface area contributed by atoms with E-state index >= 15 is 0 Å². The molecule has 0 bridgehead atoms. The van der Waals surface area contributed by atoms with Crippen molar-refractivity contribution in [1.29, 1.82) is 0 Å². The smallest absolute Gasteiger partial charge is 0.217 e. The number of aromatic hydroxyl groups is 1. The van der Waals surface area contributed by atoms with Gasteiger partial charge in [-0.2, -0.15) is 5.10 Å². The van der Waals surface area contributed by atoms with E-state index in [0.717, 1.165) is 28.9 Å². The lowest BCUT2D eigenvalue weighted by molar-refractivity contribution is 0.424. The summed E-state index contributed by atoms with van der Waals surface area (Å²) in [5, 5.41) is 15.4. The average molecular weight is 286 g/mol. The standard InChI is InChI=1S/C18H26N2O/c1-12(2)10-15-16(18(4,5)6)19-20(17(15)21)14-9-7-8-13(3)11-14/h7-9,11-12,21H,10H2,1-6H3. The fourth-order valence-electron chi connectivity index (χ4n) is 2.58. The van der Waals surface area contributed by atoms with Crippen molar-refractivity contribution in [1.82, 2.24) is 9.78 Å². The van der Waals surface area contributed by atoms with E-state index in [9.17, 15) is 5.11 Å². The van der Waals surface area contributed by atoms with Crippen molar-refractivity contribution in [2.75, 3.05) is 0 Å². The third kappa shape index (κ3) is 3.29. The first-order valence-corrected chi connectivity index (χ1v) is 7.58. The Hall–Kier alpha value is -1.77. The molecule has 1 N–H and O–H groups in total. The highest BCUT2D eigenvalue weighted by Gasteiger charge is 2.27. The Labute approximate surface area is 127 Å². The SMILES string of the molecule is Cc1cccc(-n2nc(C(C)(C)C)c(CC(C)C)c2O)c1. The van der Waals surface area contributed by atoms with Gasteiger partial charge in [-0.05, 0) is 37.0 Å². The summed E-state index contributed by atoms with van der Waals surface area (Å²) in [5.74, 6) is 0.756. The second-order valence-corrected chi connectivity index (χ2v) is 7.25. The van der Waals surface area contributed by atoms with Crippen molar-refractivity contribution in [2.45, 2.75) is 53.4 Å². The number of aromatic nitrogens is 2. The van der Waals surface area contributed by atoms with E-state index in [4.69, 9.17) is 5.10 Å². The zero-order chi connectivity index (χ0) is 15.8. The number of hydrogen-bond donors (Lipinski definition) is 1. The summed E-state index contributed by atoms with van der Waals surface area (Å²) in [5.41, 5.74) is 3.93. The maximum absolute atomic E-state index is 10.7. The Morgan fingerprint density at radius 3 is 2.43 bits per heavy atom. The molecular formula is C18H26N2O. The number of nitrogens with zero attached hydrogens (tertiary/aromatic N) is 2. The van der Waals surface area contributed by atoms with Crippen LogP contribution in [0.5, 0.6) is 5.88 Å². The van der Waals surface area contributed by atoms with E-state index in [2.05, 4.69) is 34.6 Å². The first-order valence-electron chi connectivity index (χ1n) is 7.58. The highest BCUT2D eigenvalue weighted by Crippen LogP contribution is 2.34. The van der Waals surface area contributed by atoms with Crippen molar-refractivity contribution in [3.05, 3.63) is 41.1 Å². The molecular weight excluding hydrogens is 260 g/mol. The largest absolute Gasteiger partial charge is 0.493 e. The van der Waals surface area contributed by atoms with Crippen LogP contribution in [0.1, 0.15) is 51.4 Å². The second-order valence-electron chi connectivity index (χ2n) is 7.25. The van der Waals surface area contributed by atoms with Crippen molar-refractivity contribution >= 4 is 0 Å². The van der Waals surface area contributed by atoms with Gasteiger partial charge in [0.2, 0.25) is 5.88 Å². The third-order valence-corrected chi connectivity index (χ3v) is 3.53. The lowest BCUT2D eigenvalue weighted by Crippen LogP contribution is -2.15. The van der Waals surface area contributed by atoms with Gasteiger partial charge in [0, 0.05) is 11.0 Å². The van der Waals surface area contributed by atoms with E-state index in [1.165, 1.54) is 0 Å². The molecule has 0 unspecified atom stereocenters. The van der Waals surface area contributed by atoms with E-state index in [1.807, 2.05) is 31.2 Å². The van der Waals surface area contributed by atoms with Gasteiger partial charge in [0.05, 0.1) is 11.4 Å². The molecule has 0 atom stereocenters. The molecule has 1 aromatic heterocycles. The summed E-state index contributed by atoms with van der Waals surface area (Å²) in [7, 11) is 0. The maximum Gasteiger partial charge on any atom is 0.217 e. The van der Waals surface area contributed by atoms with E-state index in [0.29, 0.717) is 5.92 Å². The van der Waals surface area contributed by atoms with Gasteiger partial charge in [0.25, 0.3) is 0 Å². The van der Waals surface area contributed by atoms with E-state index < -0.39 is 0 Å². The number of benzene rings is 1. The van der Waals surface area contributed by atoms with Gasteiger partial charge in [0.15, 0.2) is 0 Å². The molecule has 3 nitrogen and oxygen atoms in total. The van der Waals surface area contributed by atoms with Crippen LogP contribution in [0, 0.1) is 12.8 Å². The molecule has 0 spiro atoms. The lowest BCUT2D eigenvalue weighted by Gasteiger charge is -2.18. The molecule has 0 fully saturated rings. The predicted molar refractivity (Wildman–Crippen MR) is 87.2 cm³/mol. The first-order chi connectivity index (χ1) is 9.70. The van der Waals surface area contributed by atoms with Crippen molar-refractivity contribution < 1.29 is 5.11 Å². The lowest BCUT2D eigenvalue weighted by atomic mass is 9.87. The maximum atomic E-state index is 10.7. The summed E-state index contributed by atoms with van der Waals surface area (Å²) in [6.45, 7) is 12.8. The van der Waals surface area contributed by atoms with Gasteiger partial charge in [-0.1, -0.05) is 46.8 Å². The molecule has 0 saturated carbocycles. The molecule has 0 amide bonds. The Morgan fingerprint density at radius 2 is 1.90 bits per heavy atom. The predicted octanol–water partition coefficient (Wildman–Crippen LogP) is 4.38. The van der Waals surface area contributed by atoms with Gasteiger partial charge in [0.1, 0.15) is 0 Å². The molecule has 0 aliphatic heterocycles. The fourth-order valence-corrected chi connectivity index (χ4v) is 2.58. The summed E-state index contributed by atoms with van der Waals surface area (Å²) in [4.78, 5) is 0. The summed E-state index contributed by atoms with van der Waals surface area (Å²) < 4.78 is 1.67. The Morgan fingerprint density at radius 1 is 1.24 bits per heavy atom. The minimum atomic E-state index is -0.0865. The molecule has 0 aliphatic rings. The van der Waals surface area contributed by atoms with Gasteiger partial charge < -0.3 is 5.11 Å². The Kier molecular flexibility index (Phi) is 4.13. The van der Waals surface area contributed by atoms with Crippen LogP contribution in [0.25, 0.3) is 5.69 Å². The van der Waals surface area contributed by atoms with E-state index in [1.54, 1.807) is 4.68 Å². The number of hydrogen-bond acceptors (Lipinski definition) is 2. The van der Waals surface area contributed by atoms with E-state index in [-0.39, 0.29) is 11.3 Å². The van der Waals surface area contributed by atoms with Gasteiger partial charge in [-0.25, -0.2) is 4.68 Å². The van der Waals surface area contributed by atoms with Crippen molar-refractivity contribution in [3.8, 4) is 11.6 Å². The zero-order valence-electron chi connectivity index (χ0n) is 13.9. The van der Waals surface area contributed by atoms with Crippen molar-refractivity contribution in [3.63, 3.8) is 0 Å². The summed E-state index contributed by atoms with van der Waals surface area (Å²) in [6.07, 6.45) is 0.838. The summed E-state index contributed by atoms with van der Waals surface area (Å²) >= 11 is 0. The van der Waals surface area contributed by atoms with Crippen LogP contribution in [0.15, 0.2) is 24.3 Å². The number of rotatable bonds is 3. The zero-order valence-corrected chi connectivity index (χ0v) is 13.9. The first kappa shape index (κ1) is 15.6. The highest BCUT2D eigenvalue weighted by molar-refractivity contribution is 5.44. The molecule has 1 aromatic carbocycles. The molecule has 0 aliphatic carbocycles.